The third-order valence-electron chi connectivity index (χ3n) is 4.20. The number of aromatic nitrogens is 5. The molecule has 0 unspecified atom stereocenters. The van der Waals surface area contributed by atoms with Gasteiger partial charge < -0.3 is 5.32 Å². The lowest BCUT2D eigenvalue weighted by atomic mass is 10.1. The van der Waals surface area contributed by atoms with Crippen LogP contribution in [-0.2, 0) is 0 Å². The number of thiazole rings is 1. The number of rotatable bonds is 7. The van der Waals surface area contributed by atoms with Crippen LogP contribution in [-0.4, -0.2) is 30.9 Å². The van der Waals surface area contributed by atoms with Gasteiger partial charge in [-0.2, -0.15) is 0 Å². The molecule has 0 atom stereocenters. The fourth-order valence-corrected chi connectivity index (χ4v) is 6.09. The van der Waals surface area contributed by atoms with Crippen LogP contribution in [0, 0.1) is 0 Å². The first-order chi connectivity index (χ1) is 14.8. The summed E-state index contributed by atoms with van der Waals surface area (Å²) in [6.07, 6.45) is 1.07. The van der Waals surface area contributed by atoms with E-state index in [2.05, 4.69) is 46.7 Å². The molecule has 150 valence electrons. The maximum absolute atomic E-state index is 4.83. The summed E-state index contributed by atoms with van der Waals surface area (Å²) in [4.78, 5) is 15.2. The number of benzene rings is 2. The van der Waals surface area contributed by atoms with E-state index in [1.807, 2.05) is 18.2 Å². The molecule has 0 aliphatic rings. The van der Waals surface area contributed by atoms with Gasteiger partial charge in [-0.15, -0.1) is 10.2 Å². The van der Waals surface area contributed by atoms with E-state index in [-0.39, 0.29) is 0 Å². The van der Waals surface area contributed by atoms with E-state index in [9.17, 15) is 0 Å². The monoisotopic (exact) mass is 468 g/mol. The van der Waals surface area contributed by atoms with Crippen molar-refractivity contribution in [1.82, 2.24) is 25.1 Å². The summed E-state index contributed by atoms with van der Waals surface area (Å²) in [5, 5.41) is 16.3. The quantitative estimate of drug-likeness (QED) is 0.165. The van der Waals surface area contributed by atoms with Crippen LogP contribution < -0.4 is 5.32 Å². The van der Waals surface area contributed by atoms with Crippen molar-refractivity contribution in [3.05, 3.63) is 48.0 Å². The average molecular weight is 469 g/mol. The summed E-state index contributed by atoms with van der Waals surface area (Å²) in [5.74, 6) is 0.980. The minimum Gasteiger partial charge on any atom is -0.331 e. The van der Waals surface area contributed by atoms with Crippen LogP contribution in [0.25, 0.3) is 21.1 Å². The SMILES string of the molecule is CCCSc1nc(Sc2nncs2)c2nc(Nc3cccc4ccccc34)sc2n1. The molecule has 0 amide bonds. The predicted octanol–water partition coefficient (Wildman–Crippen LogP) is 6.49. The minimum absolute atomic E-state index is 0.775. The Kier molecular flexibility index (Phi) is 5.80. The third kappa shape index (κ3) is 4.13. The van der Waals surface area contributed by atoms with Gasteiger partial charge in [-0.05, 0) is 29.6 Å². The highest BCUT2D eigenvalue weighted by molar-refractivity contribution is 8.01. The summed E-state index contributed by atoms with van der Waals surface area (Å²) >= 11 is 6.19. The molecular weight excluding hydrogens is 453 g/mol. The second-order valence-corrected chi connectivity index (χ2v) is 10.4. The summed E-state index contributed by atoms with van der Waals surface area (Å²) in [6, 6.07) is 14.5. The largest absolute Gasteiger partial charge is 0.331 e. The molecular formula is C20H16N6S4. The van der Waals surface area contributed by atoms with Crippen molar-refractivity contribution in [3.8, 4) is 0 Å². The molecule has 0 radical (unpaired) electrons. The van der Waals surface area contributed by atoms with E-state index in [1.54, 1.807) is 28.6 Å². The number of anilines is 2. The number of thioether (sulfide) groups is 1. The average Bonchev–Trinajstić information content (AvgIpc) is 3.42. The molecule has 30 heavy (non-hydrogen) atoms. The molecule has 0 saturated carbocycles. The van der Waals surface area contributed by atoms with E-state index in [0.29, 0.717) is 0 Å². The summed E-state index contributed by atoms with van der Waals surface area (Å²) in [5.41, 5.74) is 3.55. The zero-order chi connectivity index (χ0) is 20.3. The molecule has 0 aliphatic carbocycles. The van der Waals surface area contributed by atoms with Gasteiger partial charge in [0.1, 0.15) is 16.1 Å². The highest BCUT2D eigenvalue weighted by Gasteiger charge is 2.17. The Balaban J connectivity index is 1.54. The van der Waals surface area contributed by atoms with Gasteiger partial charge in [0.15, 0.2) is 19.5 Å². The van der Waals surface area contributed by atoms with Crippen molar-refractivity contribution in [3.63, 3.8) is 0 Å². The van der Waals surface area contributed by atoms with E-state index in [0.717, 1.165) is 53.2 Å². The van der Waals surface area contributed by atoms with E-state index in [4.69, 9.17) is 15.0 Å². The molecule has 2 aromatic carbocycles. The normalized spacial score (nSPS) is 11.4. The lowest BCUT2D eigenvalue weighted by molar-refractivity contribution is 0.923. The van der Waals surface area contributed by atoms with Crippen molar-refractivity contribution in [2.75, 3.05) is 11.1 Å². The highest BCUT2D eigenvalue weighted by atomic mass is 32.2. The first-order valence-corrected chi connectivity index (χ1v) is 12.8. The maximum atomic E-state index is 4.83. The van der Waals surface area contributed by atoms with Gasteiger partial charge in [0.05, 0.1) is 0 Å². The van der Waals surface area contributed by atoms with Crippen LogP contribution in [0.2, 0.25) is 0 Å². The van der Waals surface area contributed by atoms with Crippen LogP contribution in [0.1, 0.15) is 13.3 Å². The Morgan fingerprint density at radius 2 is 1.93 bits per heavy atom. The van der Waals surface area contributed by atoms with Crippen LogP contribution in [0.3, 0.4) is 0 Å². The molecule has 3 aromatic heterocycles. The van der Waals surface area contributed by atoms with Gasteiger partial charge in [0, 0.05) is 16.8 Å². The Bertz CT molecular complexity index is 1300. The first kappa shape index (κ1) is 19.7. The number of hydrogen-bond acceptors (Lipinski definition) is 10. The molecule has 6 nitrogen and oxygen atoms in total. The van der Waals surface area contributed by atoms with Gasteiger partial charge in [0.2, 0.25) is 0 Å². The molecule has 0 aliphatic heterocycles. The van der Waals surface area contributed by atoms with Crippen molar-refractivity contribution in [1.29, 1.82) is 0 Å². The van der Waals surface area contributed by atoms with Crippen LogP contribution in [0.4, 0.5) is 10.8 Å². The standard InChI is InChI=1S/C20H16N6S4/c1-2-10-27-18-24-16-15(17(25-18)30-20-26-21-11-28-20)23-19(29-16)22-14-9-5-7-12-6-3-4-8-13(12)14/h3-9,11H,2,10H2,1H3,(H,22,23). The topological polar surface area (TPSA) is 76.5 Å². The van der Waals surface area contributed by atoms with Gasteiger partial charge in [-0.25, -0.2) is 15.0 Å². The lowest BCUT2D eigenvalue weighted by Crippen LogP contribution is -1.92. The van der Waals surface area contributed by atoms with Crippen LogP contribution in [0.5, 0.6) is 0 Å². The Morgan fingerprint density at radius 1 is 1.03 bits per heavy atom. The highest BCUT2D eigenvalue weighted by Crippen LogP contribution is 2.38. The van der Waals surface area contributed by atoms with Gasteiger partial charge in [-0.1, -0.05) is 77.8 Å². The maximum Gasteiger partial charge on any atom is 0.190 e. The minimum atomic E-state index is 0.775. The van der Waals surface area contributed by atoms with Crippen molar-refractivity contribution in [2.45, 2.75) is 27.9 Å². The summed E-state index contributed by atoms with van der Waals surface area (Å²) in [7, 11) is 0. The van der Waals surface area contributed by atoms with Crippen LogP contribution in [0.15, 0.2) is 62.5 Å². The summed E-state index contributed by atoms with van der Waals surface area (Å²) in [6.45, 7) is 2.15. The molecule has 5 aromatic rings. The third-order valence-corrected chi connectivity index (χ3v) is 7.87. The fraction of sp³-hybridized carbons (Fsp3) is 0.150. The Hall–Kier alpha value is -2.27. The van der Waals surface area contributed by atoms with Crippen molar-refractivity contribution in [2.24, 2.45) is 0 Å². The lowest BCUT2D eigenvalue weighted by Gasteiger charge is -2.06. The number of hydrogen-bond donors (Lipinski definition) is 1. The number of nitrogens with zero attached hydrogens (tertiary/aromatic N) is 5. The molecule has 5 rings (SSSR count). The molecule has 0 bridgehead atoms. The zero-order valence-electron chi connectivity index (χ0n) is 15.9. The second-order valence-electron chi connectivity index (χ2n) is 6.29. The smallest absolute Gasteiger partial charge is 0.190 e. The molecule has 0 saturated heterocycles. The number of fused-ring (bicyclic) bond motifs is 2. The Morgan fingerprint density at radius 3 is 2.80 bits per heavy atom. The van der Waals surface area contributed by atoms with Crippen molar-refractivity contribution < 1.29 is 0 Å². The fourth-order valence-electron chi connectivity index (χ4n) is 2.90. The number of nitrogens with one attached hydrogen (secondary N) is 1. The van der Waals surface area contributed by atoms with Crippen LogP contribution >= 0.6 is 46.2 Å². The van der Waals surface area contributed by atoms with E-state index >= 15 is 0 Å². The molecule has 0 fully saturated rings. The van der Waals surface area contributed by atoms with Gasteiger partial charge >= 0.3 is 0 Å². The van der Waals surface area contributed by atoms with Gasteiger partial charge in [-0.3, -0.25) is 0 Å². The second kappa shape index (κ2) is 8.84. The summed E-state index contributed by atoms with van der Waals surface area (Å²) < 4.78 is 0.845. The zero-order valence-corrected chi connectivity index (χ0v) is 19.2. The van der Waals surface area contributed by atoms with Gasteiger partial charge in [0.25, 0.3) is 0 Å². The Labute approximate surface area is 189 Å². The molecule has 3 heterocycles. The molecule has 1 N–H and O–H groups in total. The molecule has 0 spiro atoms. The van der Waals surface area contributed by atoms with Crippen molar-refractivity contribution >= 4 is 78.1 Å². The van der Waals surface area contributed by atoms with E-state index < -0.39 is 0 Å². The first-order valence-electron chi connectivity index (χ1n) is 9.30. The van der Waals surface area contributed by atoms with E-state index in [1.165, 1.54) is 28.5 Å². The predicted molar refractivity (Wildman–Crippen MR) is 127 cm³/mol. The molecule has 10 heteroatoms.